The van der Waals surface area contributed by atoms with Crippen molar-refractivity contribution in [3.8, 4) is 5.75 Å². The van der Waals surface area contributed by atoms with Crippen molar-refractivity contribution in [1.82, 2.24) is 14.8 Å². The fraction of sp³-hybridized carbons (Fsp3) is 0.143. The van der Waals surface area contributed by atoms with Crippen LogP contribution in [0.15, 0.2) is 35.1 Å². The average Bonchev–Trinajstić information content (AvgIpc) is 2.92. The van der Waals surface area contributed by atoms with Crippen molar-refractivity contribution >= 4 is 32.6 Å². The number of rotatable bonds is 3. The van der Waals surface area contributed by atoms with Gasteiger partial charge in [-0.05, 0) is 18.2 Å². The van der Waals surface area contributed by atoms with Gasteiger partial charge in [-0.25, -0.2) is 9.67 Å². The molecule has 1 amide bonds. The molecule has 0 saturated heterocycles. The van der Waals surface area contributed by atoms with Crippen molar-refractivity contribution in [2.24, 2.45) is 7.05 Å². The van der Waals surface area contributed by atoms with E-state index in [1.165, 1.54) is 30.5 Å². The van der Waals surface area contributed by atoms with Crippen LogP contribution in [0.3, 0.4) is 0 Å². The number of anilines is 1. The Kier molecular flexibility index (Phi) is 3.60. The van der Waals surface area contributed by atoms with E-state index in [-0.39, 0.29) is 11.3 Å². The van der Waals surface area contributed by atoms with Gasteiger partial charge >= 0.3 is 0 Å². The zero-order valence-corrected chi connectivity index (χ0v) is 12.7. The maximum atomic E-state index is 12.2. The number of amides is 1. The third kappa shape index (κ3) is 2.56. The maximum Gasteiger partial charge on any atom is 0.277 e. The van der Waals surface area contributed by atoms with Gasteiger partial charge in [0.15, 0.2) is 5.13 Å². The van der Waals surface area contributed by atoms with Crippen LogP contribution in [-0.4, -0.2) is 27.8 Å². The second-order valence-corrected chi connectivity index (χ2v) is 5.49. The molecule has 3 rings (SSSR count). The van der Waals surface area contributed by atoms with Gasteiger partial charge in [-0.15, -0.1) is 0 Å². The lowest BCUT2D eigenvalue weighted by Crippen LogP contribution is -2.23. The Labute approximate surface area is 129 Å². The van der Waals surface area contributed by atoms with Gasteiger partial charge in [-0.3, -0.25) is 14.9 Å². The van der Waals surface area contributed by atoms with E-state index in [0.717, 1.165) is 9.38 Å². The number of nitrogens with zero attached hydrogens (tertiary/aromatic N) is 3. The normalized spacial score (nSPS) is 10.6. The van der Waals surface area contributed by atoms with Crippen molar-refractivity contribution in [1.29, 1.82) is 0 Å². The summed E-state index contributed by atoms with van der Waals surface area (Å²) in [6.45, 7) is 0. The molecular formula is C14H12N4O3S. The molecule has 0 unspecified atom stereocenters. The van der Waals surface area contributed by atoms with Crippen LogP contribution >= 0.6 is 11.3 Å². The predicted octanol–water partition coefficient (Wildman–Crippen LogP) is 1.65. The molecule has 0 radical (unpaired) electrons. The molecule has 0 saturated carbocycles. The summed E-state index contributed by atoms with van der Waals surface area (Å²) in [5.74, 6) is 0.225. The highest BCUT2D eigenvalue weighted by molar-refractivity contribution is 7.22. The van der Waals surface area contributed by atoms with Crippen LogP contribution in [0.5, 0.6) is 5.75 Å². The Morgan fingerprint density at radius 3 is 2.86 bits per heavy atom. The first-order valence-electron chi connectivity index (χ1n) is 6.38. The van der Waals surface area contributed by atoms with Crippen LogP contribution in [0.4, 0.5) is 5.13 Å². The highest BCUT2D eigenvalue weighted by Gasteiger charge is 2.13. The molecular weight excluding hydrogens is 304 g/mol. The lowest BCUT2D eigenvalue weighted by Gasteiger charge is -2.02. The third-order valence-corrected chi connectivity index (χ3v) is 3.95. The van der Waals surface area contributed by atoms with E-state index in [4.69, 9.17) is 4.74 Å². The predicted molar refractivity (Wildman–Crippen MR) is 83.6 cm³/mol. The molecule has 2 aromatic heterocycles. The fourth-order valence-corrected chi connectivity index (χ4v) is 2.80. The monoisotopic (exact) mass is 316 g/mol. The smallest absolute Gasteiger partial charge is 0.277 e. The zero-order chi connectivity index (χ0) is 15.7. The summed E-state index contributed by atoms with van der Waals surface area (Å²) in [4.78, 5) is 27.8. The molecule has 0 aliphatic carbocycles. The number of hydrogen-bond acceptors (Lipinski definition) is 6. The molecule has 112 valence electrons. The number of fused-ring (bicyclic) bond motifs is 1. The second-order valence-electron chi connectivity index (χ2n) is 4.46. The molecule has 0 bridgehead atoms. The molecule has 0 spiro atoms. The molecule has 1 aromatic carbocycles. The molecule has 8 heteroatoms. The second kappa shape index (κ2) is 5.57. The molecule has 2 heterocycles. The maximum absolute atomic E-state index is 12.2. The van der Waals surface area contributed by atoms with Gasteiger partial charge < -0.3 is 4.74 Å². The van der Waals surface area contributed by atoms with Gasteiger partial charge in [-0.2, -0.15) is 5.10 Å². The van der Waals surface area contributed by atoms with E-state index >= 15 is 0 Å². The van der Waals surface area contributed by atoms with Crippen molar-refractivity contribution in [2.45, 2.75) is 0 Å². The summed E-state index contributed by atoms with van der Waals surface area (Å²) in [6, 6.07) is 8.24. The average molecular weight is 316 g/mol. The minimum atomic E-state index is -0.423. The molecule has 0 fully saturated rings. The van der Waals surface area contributed by atoms with Crippen molar-refractivity contribution in [3.05, 3.63) is 46.4 Å². The summed E-state index contributed by atoms with van der Waals surface area (Å²) in [7, 11) is 3.06. The Morgan fingerprint density at radius 2 is 2.14 bits per heavy atom. The lowest BCUT2D eigenvalue weighted by atomic mass is 10.3. The van der Waals surface area contributed by atoms with Crippen LogP contribution in [0.2, 0.25) is 0 Å². The topological polar surface area (TPSA) is 86.1 Å². The minimum Gasteiger partial charge on any atom is -0.494 e. The van der Waals surface area contributed by atoms with Crippen LogP contribution in [0.25, 0.3) is 10.2 Å². The number of carbonyl (C=O) groups excluding carboxylic acids is 1. The van der Waals surface area contributed by atoms with E-state index in [2.05, 4.69) is 15.4 Å². The van der Waals surface area contributed by atoms with E-state index < -0.39 is 5.91 Å². The van der Waals surface area contributed by atoms with Crippen LogP contribution < -0.4 is 15.6 Å². The summed E-state index contributed by atoms with van der Waals surface area (Å²) >= 11 is 1.34. The Morgan fingerprint density at radius 1 is 1.32 bits per heavy atom. The number of benzene rings is 1. The number of thiazole rings is 1. The SMILES string of the molecule is COc1cccc2sc(NC(=O)c3ccc(=O)n(C)n3)nc12. The highest BCUT2D eigenvalue weighted by Crippen LogP contribution is 2.32. The van der Waals surface area contributed by atoms with Gasteiger partial charge in [0.25, 0.3) is 11.5 Å². The quantitative estimate of drug-likeness (QED) is 0.794. The lowest BCUT2D eigenvalue weighted by molar-refractivity contribution is 0.102. The van der Waals surface area contributed by atoms with Gasteiger partial charge in [-0.1, -0.05) is 17.4 Å². The zero-order valence-electron chi connectivity index (χ0n) is 11.9. The first-order chi connectivity index (χ1) is 10.6. The third-order valence-electron chi connectivity index (χ3n) is 3.02. The molecule has 1 N–H and O–H groups in total. The number of ether oxygens (including phenoxy) is 1. The van der Waals surface area contributed by atoms with Gasteiger partial charge in [0.1, 0.15) is 17.0 Å². The number of para-hydroxylation sites is 1. The van der Waals surface area contributed by atoms with E-state index in [1.54, 1.807) is 7.11 Å². The van der Waals surface area contributed by atoms with Crippen molar-refractivity contribution in [3.63, 3.8) is 0 Å². The summed E-state index contributed by atoms with van der Waals surface area (Å²) in [5.41, 5.74) is 0.563. The van der Waals surface area contributed by atoms with Gasteiger partial charge in [0, 0.05) is 13.1 Å². The highest BCUT2D eigenvalue weighted by atomic mass is 32.1. The first kappa shape index (κ1) is 14.2. The molecule has 7 nitrogen and oxygen atoms in total. The Balaban J connectivity index is 1.90. The fourth-order valence-electron chi connectivity index (χ4n) is 1.93. The van der Waals surface area contributed by atoms with Crippen molar-refractivity contribution in [2.75, 3.05) is 12.4 Å². The number of hydrogen-bond donors (Lipinski definition) is 1. The molecule has 0 aliphatic rings. The van der Waals surface area contributed by atoms with E-state index in [0.29, 0.717) is 16.4 Å². The minimum absolute atomic E-state index is 0.147. The number of aromatic nitrogens is 3. The van der Waals surface area contributed by atoms with Gasteiger partial charge in [0.05, 0.1) is 11.8 Å². The standard InChI is InChI=1S/C14H12N4O3S/c1-18-11(19)7-6-8(17-18)13(20)16-14-15-12-9(21-2)4-3-5-10(12)22-14/h3-7H,1-2H3,(H,15,16,20). The summed E-state index contributed by atoms with van der Waals surface area (Å²) < 4.78 is 7.25. The molecule has 3 aromatic rings. The largest absolute Gasteiger partial charge is 0.494 e. The first-order valence-corrected chi connectivity index (χ1v) is 7.19. The number of methoxy groups -OCH3 is 1. The van der Waals surface area contributed by atoms with Gasteiger partial charge in [0.2, 0.25) is 0 Å². The Hall–Kier alpha value is -2.74. The number of nitrogens with one attached hydrogen (secondary N) is 1. The van der Waals surface area contributed by atoms with E-state index in [1.807, 2.05) is 18.2 Å². The van der Waals surface area contributed by atoms with Crippen LogP contribution in [0.1, 0.15) is 10.5 Å². The molecule has 0 atom stereocenters. The van der Waals surface area contributed by atoms with E-state index in [9.17, 15) is 9.59 Å². The summed E-state index contributed by atoms with van der Waals surface area (Å²) in [5, 5.41) is 7.03. The number of carbonyl (C=O) groups is 1. The summed E-state index contributed by atoms with van der Waals surface area (Å²) in [6.07, 6.45) is 0. The van der Waals surface area contributed by atoms with Crippen LogP contribution in [-0.2, 0) is 7.05 Å². The molecule has 0 aliphatic heterocycles. The van der Waals surface area contributed by atoms with Crippen molar-refractivity contribution < 1.29 is 9.53 Å². The van der Waals surface area contributed by atoms with Crippen LogP contribution in [0, 0.1) is 0 Å². The molecule has 22 heavy (non-hydrogen) atoms. The number of aryl methyl sites for hydroxylation is 1. The Bertz CT molecular complexity index is 916.